The molecule has 1 heterocycles. The lowest BCUT2D eigenvalue weighted by Crippen LogP contribution is -2.18. The van der Waals surface area contributed by atoms with Crippen LogP contribution in [0, 0.1) is 0 Å². The van der Waals surface area contributed by atoms with Crippen molar-refractivity contribution in [1.29, 1.82) is 0 Å². The molecule has 0 spiro atoms. The van der Waals surface area contributed by atoms with Gasteiger partial charge in [-0.2, -0.15) is 0 Å². The van der Waals surface area contributed by atoms with Gasteiger partial charge in [0.2, 0.25) is 5.13 Å². The van der Waals surface area contributed by atoms with Crippen LogP contribution in [0.25, 0.3) is 0 Å². The van der Waals surface area contributed by atoms with Crippen LogP contribution in [0.5, 0.6) is 0 Å². The molecular formula is C9H13N3O4S2. The number of hydrogen-bond donors (Lipinski definition) is 2. The number of carboxylic acid groups (broad SMARTS) is 1. The van der Waals surface area contributed by atoms with Gasteiger partial charge >= 0.3 is 5.97 Å². The number of carbonyl (C=O) groups is 2. The summed E-state index contributed by atoms with van der Waals surface area (Å²) in [4.78, 5) is 21.7. The molecule has 0 aromatic carbocycles. The Morgan fingerprint density at radius 2 is 2.28 bits per heavy atom. The number of hydrogen-bond acceptors (Lipinski definition) is 7. The molecular weight excluding hydrogens is 278 g/mol. The van der Waals surface area contributed by atoms with E-state index in [0.29, 0.717) is 16.1 Å². The molecule has 0 unspecified atom stereocenters. The Morgan fingerprint density at radius 3 is 2.94 bits per heavy atom. The van der Waals surface area contributed by atoms with Gasteiger partial charge < -0.3 is 9.84 Å². The molecule has 0 atom stereocenters. The number of thioether (sulfide) groups is 1. The van der Waals surface area contributed by atoms with Crippen LogP contribution < -0.4 is 5.32 Å². The van der Waals surface area contributed by atoms with E-state index in [2.05, 4.69) is 15.5 Å². The first kappa shape index (κ1) is 14.9. The van der Waals surface area contributed by atoms with Gasteiger partial charge in [0.15, 0.2) is 4.34 Å². The molecule has 0 radical (unpaired) electrons. The summed E-state index contributed by atoms with van der Waals surface area (Å²) in [6, 6.07) is 0. The molecule has 1 amide bonds. The fourth-order valence-corrected chi connectivity index (χ4v) is 2.40. The maximum atomic E-state index is 11.4. The van der Waals surface area contributed by atoms with Crippen LogP contribution in [-0.2, 0) is 14.3 Å². The summed E-state index contributed by atoms with van der Waals surface area (Å²) in [5.74, 6) is -1.30. The minimum atomic E-state index is -0.922. The minimum Gasteiger partial charge on any atom is -0.481 e. The second kappa shape index (κ2) is 8.01. The van der Waals surface area contributed by atoms with E-state index in [4.69, 9.17) is 9.84 Å². The molecule has 100 valence electrons. The summed E-state index contributed by atoms with van der Waals surface area (Å²) in [5.41, 5.74) is 0. The molecule has 9 heteroatoms. The summed E-state index contributed by atoms with van der Waals surface area (Å²) in [7, 11) is 0. The van der Waals surface area contributed by atoms with Crippen molar-refractivity contribution >= 4 is 40.1 Å². The van der Waals surface area contributed by atoms with Crippen molar-refractivity contribution in [2.45, 2.75) is 17.7 Å². The lowest BCUT2D eigenvalue weighted by atomic mass is 10.5. The minimum absolute atomic E-state index is 0.0228. The third kappa shape index (κ3) is 5.94. The highest BCUT2D eigenvalue weighted by atomic mass is 32.2. The lowest BCUT2D eigenvalue weighted by molar-refractivity contribution is -0.133. The molecule has 0 bridgehead atoms. The van der Waals surface area contributed by atoms with Gasteiger partial charge in [0.1, 0.15) is 6.61 Å². The van der Waals surface area contributed by atoms with Gasteiger partial charge in [0.05, 0.1) is 5.75 Å². The number of ether oxygens (including phenoxy) is 1. The van der Waals surface area contributed by atoms with Crippen LogP contribution in [0.4, 0.5) is 5.13 Å². The average molecular weight is 291 g/mol. The second-order valence-electron chi connectivity index (χ2n) is 3.16. The van der Waals surface area contributed by atoms with Gasteiger partial charge in [-0.15, -0.1) is 10.2 Å². The summed E-state index contributed by atoms with van der Waals surface area (Å²) in [5, 5.41) is 18.8. The first-order valence-electron chi connectivity index (χ1n) is 5.17. The summed E-state index contributed by atoms with van der Waals surface area (Å²) >= 11 is 2.19. The Hall–Kier alpha value is -1.19. The third-order valence-corrected chi connectivity index (χ3v) is 3.51. The normalized spacial score (nSPS) is 10.3. The Balaban J connectivity index is 2.34. The van der Waals surface area contributed by atoms with Crippen LogP contribution >= 0.6 is 23.1 Å². The lowest BCUT2D eigenvalue weighted by Gasteiger charge is -2.01. The van der Waals surface area contributed by atoms with Crippen LogP contribution in [0.3, 0.4) is 0 Å². The van der Waals surface area contributed by atoms with Crippen molar-refractivity contribution < 1.29 is 19.4 Å². The number of aliphatic carboxylic acids is 1. The topological polar surface area (TPSA) is 101 Å². The summed E-state index contributed by atoms with van der Waals surface area (Å²) in [6.45, 7) is 2.46. The number of rotatable bonds is 8. The molecule has 1 rings (SSSR count). The van der Waals surface area contributed by atoms with E-state index >= 15 is 0 Å². The molecule has 0 fully saturated rings. The van der Waals surface area contributed by atoms with Gasteiger partial charge in [0.25, 0.3) is 5.91 Å². The van der Waals surface area contributed by atoms with E-state index in [0.717, 1.165) is 29.5 Å². The van der Waals surface area contributed by atoms with Gasteiger partial charge in [-0.25, -0.2) is 0 Å². The number of carbonyl (C=O) groups excluding carboxylic acids is 1. The number of nitrogens with zero attached hydrogens (tertiary/aromatic N) is 2. The zero-order valence-corrected chi connectivity index (χ0v) is 11.3. The van der Waals surface area contributed by atoms with E-state index in [1.165, 1.54) is 0 Å². The number of nitrogens with one attached hydrogen (secondary N) is 1. The van der Waals surface area contributed by atoms with Crippen molar-refractivity contribution in [2.75, 3.05) is 24.3 Å². The van der Waals surface area contributed by atoms with Crippen LogP contribution in [-0.4, -0.2) is 46.1 Å². The molecule has 2 N–H and O–H groups in total. The largest absolute Gasteiger partial charge is 0.481 e. The fourth-order valence-electron chi connectivity index (χ4n) is 0.907. The van der Waals surface area contributed by atoms with E-state index in [1.54, 1.807) is 0 Å². The molecule has 0 aliphatic rings. The second-order valence-corrected chi connectivity index (χ2v) is 5.36. The van der Waals surface area contributed by atoms with Crippen molar-refractivity contribution in [3.8, 4) is 0 Å². The van der Waals surface area contributed by atoms with Crippen LogP contribution in [0.2, 0.25) is 0 Å². The maximum absolute atomic E-state index is 11.4. The summed E-state index contributed by atoms with van der Waals surface area (Å²) < 4.78 is 5.57. The fraction of sp³-hybridized carbons (Fsp3) is 0.556. The van der Waals surface area contributed by atoms with Crippen molar-refractivity contribution in [3.05, 3.63) is 0 Å². The van der Waals surface area contributed by atoms with Crippen LogP contribution in [0.15, 0.2) is 4.34 Å². The maximum Gasteiger partial charge on any atom is 0.313 e. The third-order valence-electron chi connectivity index (χ3n) is 1.55. The standard InChI is InChI=1S/C9H13N3O4S2/c1-2-3-16-4-6(13)10-8-11-12-9(18-8)17-5-7(14)15/h2-5H2,1H3,(H,14,15)(H,10,11,13). The van der Waals surface area contributed by atoms with E-state index < -0.39 is 5.97 Å². The Labute approximate surface area is 112 Å². The molecule has 1 aromatic rings. The number of amides is 1. The van der Waals surface area contributed by atoms with Gasteiger partial charge in [-0.05, 0) is 6.42 Å². The smallest absolute Gasteiger partial charge is 0.313 e. The Morgan fingerprint density at radius 1 is 1.50 bits per heavy atom. The molecule has 0 aliphatic heterocycles. The Kier molecular flexibility index (Phi) is 6.61. The van der Waals surface area contributed by atoms with E-state index in [-0.39, 0.29) is 18.3 Å². The van der Waals surface area contributed by atoms with E-state index in [1.807, 2.05) is 6.92 Å². The van der Waals surface area contributed by atoms with Crippen molar-refractivity contribution in [1.82, 2.24) is 10.2 Å². The predicted octanol–water partition coefficient (Wildman–Crippen LogP) is 1.08. The number of aromatic nitrogens is 2. The van der Waals surface area contributed by atoms with Crippen molar-refractivity contribution in [2.24, 2.45) is 0 Å². The molecule has 1 aromatic heterocycles. The molecule has 0 saturated carbocycles. The first-order chi connectivity index (χ1) is 8.61. The van der Waals surface area contributed by atoms with Gasteiger partial charge in [-0.1, -0.05) is 30.0 Å². The first-order valence-corrected chi connectivity index (χ1v) is 6.97. The van der Waals surface area contributed by atoms with Crippen LogP contribution in [0.1, 0.15) is 13.3 Å². The average Bonchev–Trinajstić information content (AvgIpc) is 2.74. The zero-order valence-electron chi connectivity index (χ0n) is 9.71. The SMILES string of the molecule is CCCOCC(=O)Nc1nnc(SCC(=O)O)s1. The zero-order chi connectivity index (χ0) is 13.4. The van der Waals surface area contributed by atoms with Gasteiger partial charge in [0, 0.05) is 6.61 Å². The Bertz CT molecular complexity index is 410. The summed E-state index contributed by atoms with van der Waals surface area (Å²) in [6.07, 6.45) is 0.849. The number of carboxylic acids is 1. The molecule has 0 aliphatic carbocycles. The van der Waals surface area contributed by atoms with Gasteiger partial charge in [-0.3, -0.25) is 14.9 Å². The predicted molar refractivity (Wildman–Crippen MR) is 68.0 cm³/mol. The molecule has 0 saturated heterocycles. The molecule has 18 heavy (non-hydrogen) atoms. The highest BCUT2D eigenvalue weighted by Crippen LogP contribution is 2.25. The molecule has 7 nitrogen and oxygen atoms in total. The highest BCUT2D eigenvalue weighted by Gasteiger charge is 2.09. The number of anilines is 1. The quantitative estimate of drug-likeness (QED) is 0.420. The monoisotopic (exact) mass is 291 g/mol. The van der Waals surface area contributed by atoms with E-state index in [9.17, 15) is 9.59 Å². The highest BCUT2D eigenvalue weighted by molar-refractivity contribution is 8.01. The van der Waals surface area contributed by atoms with Crippen molar-refractivity contribution in [3.63, 3.8) is 0 Å².